The molecular formula is C26H29N7O4. The van der Waals surface area contributed by atoms with Crippen molar-refractivity contribution in [3.05, 3.63) is 60.1 Å². The van der Waals surface area contributed by atoms with Gasteiger partial charge < -0.3 is 29.9 Å². The highest BCUT2D eigenvalue weighted by Gasteiger charge is 2.23. The number of piperidine rings is 1. The standard InChI is InChI=1S/C26H29N7O4/c1-16-10-18(4-7-28-16)26-31-21(15-37-26)25(36)30-20-14-33-13-19(2-3-24(34)35)29-23(33)11-22(20)32-8-5-17(12-27)6-9-32/h4,7,10-11,13-15,17H,2-3,5-6,8-9,12,27H2,1H3,(H,30,36)(H,34,35). The first-order valence-electron chi connectivity index (χ1n) is 12.3. The van der Waals surface area contributed by atoms with Crippen molar-refractivity contribution in [1.29, 1.82) is 0 Å². The third-order valence-corrected chi connectivity index (χ3v) is 6.63. The van der Waals surface area contributed by atoms with Gasteiger partial charge in [0.15, 0.2) is 5.69 Å². The van der Waals surface area contributed by atoms with E-state index in [0.29, 0.717) is 41.8 Å². The van der Waals surface area contributed by atoms with Gasteiger partial charge in [-0.1, -0.05) is 0 Å². The Kier molecular flexibility index (Phi) is 6.87. The lowest BCUT2D eigenvalue weighted by molar-refractivity contribution is -0.136. The largest absolute Gasteiger partial charge is 0.481 e. The number of anilines is 2. The molecule has 1 amide bonds. The number of hydrogen-bond donors (Lipinski definition) is 3. The fourth-order valence-electron chi connectivity index (χ4n) is 4.57. The molecule has 192 valence electrons. The van der Waals surface area contributed by atoms with Crippen molar-refractivity contribution in [2.45, 2.75) is 32.6 Å². The van der Waals surface area contributed by atoms with Gasteiger partial charge in [-0.15, -0.1) is 0 Å². The number of nitrogens with one attached hydrogen (secondary N) is 1. The number of aliphatic carboxylic acids is 1. The van der Waals surface area contributed by atoms with Crippen molar-refractivity contribution in [1.82, 2.24) is 19.4 Å². The zero-order chi connectivity index (χ0) is 25.9. The van der Waals surface area contributed by atoms with Gasteiger partial charge >= 0.3 is 5.97 Å². The minimum Gasteiger partial charge on any atom is -0.481 e. The number of pyridine rings is 2. The number of aryl methyl sites for hydroxylation is 2. The Morgan fingerprint density at radius 1 is 1.22 bits per heavy atom. The molecule has 0 atom stereocenters. The van der Waals surface area contributed by atoms with E-state index >= 15 is 0 Å². The predicted octanol–water partition coefficient (Wildman–Crippen LogP) is 3.14. The number of oxazole rings is 1. The van der Waals surface area contributed by atoms with Gasteiger partial charge in [0.05, 0.1) is 23.5 Å². The summed E-state index contributed by atoms with van der Waals surface area (Å²) >= 11 is 0. The van der Waals surface area contributed by atoms with Gasteiger partial charge in [-0.2, -0.15) is 0 Å². The van der Waals surface area contributed by atoms with Crippen molar-refractivity contribution >= 4 is 28.9 Å². The molecule has 11 heteroatoms. The van der Waals surface area contributed by atoms with Crippen LogP contribution in [0, 0.1) is 12.8 Å². The van der Waals surface area contributed by atoms with Gasteiger partial charge in [-0.3, -0.25) is 14.6 Å². The van der Waals surface area contributed by atoms with Crippen LogP contribution in [-0.2, 0) is 11.2 Å². The van der Waals surface area contributed by atoms with Crippen molar-refractivity contribution < 1.29 is 19.1 Å². The van der Waals surface area contributed by atoms with Crippen molar-refractivity contribution in [3.8, 4) is 11.5 Å². The SMILES string of the molecule is Cc1cc(-c2nc(C(=O)Nc3cn4cc(CCC(=O)O)nc4cc3N3CCC(CN)CC3)co2)ccn1. The van der Waals surface area contributed by atoms with Crippen LogP contribution in [0.3, 0.4) is 0 Å². The Bertz CT molecular complexity index is 1440. The van der Waals surface area contributed by atoms with Crippen LogP contribution in [0.25, 0.3) is 17.1 Å². The van der Waals surface area contributed by atoms with Crippen molar-refractivity contribution in [3.63, 3.8) is 0 Å². The van der Waals surface area contributed by atoms with E-state index in [9.17, 15) is 9.59 Å². The maximum atomic E-state index is 13.2. The fraction of sp³-hybridized carbons (Fsp3) is 0.346. The normalized spacial score (nSPS) is 14.3. The monoisotopic (exact) mass is 503 g/mol. The lowest BCUT2D eigenvalue weighted by Crippen LogP contribution is -2.36. The number of hydrogen-bond acceptors (Lipinski definition) is 8. The van der Waals surface area contributed by atoms with Crippen LogP contribution < -0.4 is 16.0 Å². The Hall–Kier alpha value is -4.25. The second-order valence-corrected chi connectivity index (χ2v) is 9.31. The molecule has 0 saturated carbocycles. The number of carbonyl (C=O) groups excluding carboxylic acids is 1. The minimum atomic E-state index is -0.873. The molecule has 0 bridgehead atoms. The maximum absolute atomic E-state index is 13.2. The first kappa shape index (κ1) is 24.4. The molecule has 1 aliphatic heterocycles. The van der Waals surface area contributed by atoms with Crippen LogP contribution in [0.5, 0.6) is 0 Å². The van der Waals surface area contributed by atoms with Gasteiger partial charge in [0.1, 0.15) is 11.9 Å². The van der Waals surface area contributed by atoms with E-state index in [1.807, 2.05) is 25.3 Å². The summed E-state index contributed by atoms with van der Waals surface area (Å²) in [6.07, 6.45) is 8.86. The molecule has 5 rings (SSSR count). The lowest BCUT2D eigenvalue weighted by Gasteiger charge is -2.34. The van der Waals surface area contributed by atoms with Gasteiger partial charge in [-0.05, 0) is 44.4 Å². The third-order valence-electron chi connectivity index (χ3n) is 6.63. The van der Waals surface area contributed by atoms with E-state index < -0.39 is 11.9 Å². The molecule has 37 heavy (non-hydrogen) atoms. The molecular weight excluding hydrogens is 474 g/mol. The summed E-state index contributed by atoms with van der Waals surface area (Å²) in [5, 5.41) is 12.0. The Morgan fingerprint density at radius 2 is 2.03 bits per heavy atom. The van der Waals surface area contributed by atoms with Crippen LogP contribution in [0.2, 0.25) is 0 Å². The molecule has 0 spiro atoms. The highest BCUT2D eigenvalue weighted by Crippen LogP contribution is 2.32. The Balaban J connectivity index is 1.44. The van der Waals surface area contributed by atoms with Crippen LogP contribution in [0.4, 0.5) is 11.4 Å². The Labute approximate surface area is 213 Å². The molecule has 0 radical (unpaired) electrons. The van der Waals surface area contributed by atoms with Gasteiger partial charge in [-0.25, -0.2) is 9.97 Å². The van der Waals surface area contributed by atoms with Crippen molar-refractivity contribution in [2.75, 3.05) is 29.9 Å². The van der Waals surface area contributed by atoms with Crippen LogP contribution in [0.15, 0.2) is 47.5 Å². The van der Waals surface area contributed by atoms with Crippen LogP contribution in [0.1, 0.15) is 41.1 Å². The van der Waals surface area contributed by atoms with Gasteiger partial charge in [0.25, 0.3) is 5.91 Å². The maximum Gasteiger partial charge on any atom is 0.303 e. The number of nitrogens with two attached hydrogens (primary N) is 1. The summed E-state index contributed by atoms with van der Waals surface area (Å²) < 4.78 is 7.37. The Morgan fingerprint density at radius 3 is 2.76 bits per heavy atom. The molecule has 4 aromatic rings. The average molecular weight is 504 g/mol. The topological polar surface area (TPSA) is 152 Å². The number of carbonyl (C=O) groups is 2. The second-order valence-electron chi connectivity index (χ2n) is 9.31. The minimum absolute atomic E-state index is 0.00156. The molecule has 5 heterocycles. The summed E-state index contributed by atoms with van der Waals surface area (Å²) in [5.41, 5.74) is 10.4. The second kappa shape index (κ2) is 10.4. The smallest absolute Gasteiger partial charge is 0.303 e. The zero-order valence-electron chi connectivity index (χ0n) is 20.6. The number of rotatable bonds is 8. The summed E-state index contributed by atoms with van der Waals surface area (Å²) in [7, 11) is 0. The van der Waals surface area contributed by atoms with E-state index in [-0.39, 0.29) is 12.1 Å². The molecule has 0 unspecified atom stereocenters. The quantitative estimate of drug-likeness (QED) is 0.329. The lowest BCUT2D eigenvalue weighted by atomic mass is 9.96. The molecule has 4 aromatic heterocycles. The number of nitrogens with zero attached hydrogens (tertiary/aromatic N) is 5. The van der Waals surface area contributed by atoms with Gasteiger partial charge in [0, 0.05) is 55.4 Å². The van der Waals surface area contributed by atoms with E-state index in [2.05, 4.69) is 25.2 Å². The summed E-state index contributed by atoms with van der Waals surface area (Å²) in [6.45, 7) is 4.15. The average Bonchev–Trinajstić information content (AvgIpc) is 3.54. The molecule has 0 aromatic carbocycles. The number of carboxylic acids is 1. The molecule has 1 aliphatic rings. The van der Waals surface area contributed by atoms with E-state index in [1.54, 1.807) is 22.9 Å². The van der Waals surface area contributed by atoms with Crippen molar-refractivity contribution in [2.24, 2.45) is 11.7 Å². The van der Waals surface area contributed by atoms with E-state index in [0.717, 1.165) is 42.9 Å². The first-order chi connectivity index (χ1) is 17.9. The third kappa shape index (κ3) is 5.46. The highest BCUT2D eigenvalue weighted by atomic mass is 16.4. The number of fused-ring (bicyclic) bond motifs is 1. The van der Waals surface area contributed by atoms with E-state index in [1.165, 1.54) is 6.26 Å². The molecule has 1 saturated heterocycles. The molecule has 11 nitrogen and oxygen atoms in total. The number of aromatic nitrogens is 4. The van der Waals surface area contributed by atoms with Gasteiger partial charge in [0.2, 0.25) is 5.89 Å². The van der Waals surface area contributed by atoms with Crippen LogP contribution in [-0.4, -0.2) is 56.0 Å². The molecule has 1 fully saturated rings. The highest BCUT2D eigenvalue weighted by molar-refractivity contribution is 6.05. The number of carboxylic acid groups (broad SMARTS) is 1. The number of amides is 1. The molecule has 4 N–H and O–H groups in total. The first-order valence-corrected chi connectivity index (χ1v) is 12.3. The van der Waals surface area contributed by atoms with Crippen LogP contribution >= 0.6 is 0 Å². The summed E-state index contributed by atoms with van der Waals surface area (Å²) in [4.78, 5) is 39.6. The number of imidazole rings is 1. The zero-order valence-corrected chi connectivity index (χ0v) is 20.6. The fourth-order valence-corrected chi connectivity index (χ4v) is 4.57. The summed E-state index contributed by atoms with van der Waals surface area (Å²) in [5.74, 6) is -0.447. The summed E-state index contributed by atoms with van der Waals surface area (Å²) in [6, 6.07) is 5.54. The molecule has 0 aliphatic carbocycles. The predicted molar refractivity (Wildman–Crippen MR) is 138 cm³/mol. The van der Waals surface area contributed by atoms with E-state index in [4.69, 9.17) is 15.3 Å².